The molecule has 252 valence electrons. The summed E-state index contributed by atoms with van der Waals surface area (Å²) in [6.07, 6.45) is 3.44. The summed E-state index contributed by atoms with van der Waals surface area (Å²) >= 11 is -2.46. The molecule has 3 heterocycles. The maximum Gasteiger partial charge on any atom is 4.00 e. The molecule has 8 aromatic rings. The predicted molar refractivity (Wildman–Crippen MR) is 211 cm³/mol. The number of hydrogen-bond acceptors (Lipinski definition) is 2. The number of fused-ring (bicyclic) bond motifs is 5. The molecular formula is C46H35GeN4Pt+. The molecule has 52 heavy (non-hydrogen) atoms. The Labute approximate surface area is 322 Å². The molecule has 6 heteroatoms. The van der Waals surface area contributed by atoms with Crippen LogP contribution in [0.1, 0.15) is 5.56 Å². The number of aromatic nitrogens is 2. The van der Waals surface area contributed by atoms with Crippen molar-refractivity contribution < 1.29 is 25.6 Å². The molecule has 10 rings (SSSR count). The minimum Gasteiger partial charge on any atom is 4.00 e. The maximum absolute atomic E-state index is 3.58. The number of aryl methyl sites for hydroxylation is 1. The Bertz CT molecular complexity index is 2530. The third kappa shape index (κ3) is 5.62. The Balaban J connectivity index is 0.000000152. The van der Waals surface area contributed by atoms with Gasteiger partial charge in [0.1, 0.15) is 0 Å². The molecule has 0 saturated carbocycles. The molecule has 4 nitrogen and oxygen atoms in total. The molecule has 0 radical (unpaired) electrons. The van der Waals surface area contributed by atoms with Gasteiger partial charge in [-0.25, -0.2) is 0 Å². The molecule has 0 spiro atoms. The first-order valence-electron chi connectivity index (χ1n) is 17.3. The van der Waals surface area contributed by atoms with Crippen LogP contribution >= 0.6 is 0 Å². The molecule has 1 aromatic heterocycles. The van der Waals surface area contributed by atoms with Crippen LogP contribution in [0, 0.1) is 31.5 Å². The van der Waals surface area contributed by atoms with Gasteiger partial charge in [0.25, 0.3) is 6.33 Å². The minimum atomic E-state index is -2.46. The number of hydrogen-bond donors (Lipinski definition) is 0. The summed E-state index contributed by atoms with van der Waals surface area (Å²) in [6, 6.07) is 65.4. The van der Waals surface area contributed by atoms with Crippen molar-refractivity contribution in [1.29, 1.82) is 0 Å². The Hall–Kier alpha value is -5.16. The predicted octanol–water partition coefficient (Wildman–Crippen LogP) is 9.49. The Morgan fingerprint density at radius 3 is 2.02 bits per heavy atom. The zero-order valence-electron chi connectivity index (χ0n) is 29.1. The Kier molecular flexibility index (Phi) is 8.99. The van der Waals surface area contributed by atoms with Crippen LogP contribution in [-0.4, -0.2) is 17.8 Å². The molecule has 2 aliphatic heterocycles. The second-order valence-electron chi connectivity index (χ2n) is 13.5. The van der Waals surface area contributed by atoms with E-state index in [0.29, 0.717) is 0 Å². The average molecular weight is 912 g/mol. The van der Waals surface area contributed by atoms with Gasteiger partial charge in [-0.15, -0.1) is 0 Å². The number of para-hydroxylation sites is 7. The van der Waals surface area contributed by atoms with Crippen molar-refractivity contribution in [3.63, 3.8) is 0 Å². The quantitative estimate of drug-likeness (QED) is 0.0998. The first-order chi connectivity index (χ1) is 25.0. The summed E-state index contributed by atoms with van der Waals surface area (Å²) in [5.74, 6) is 4.99. The van der Waals surface area contributed by atoms with E-state index in [4.69, 9.17) is 0 Å². The van der Waals surface area contributed by atoms with Gasteiger partial charge < -0.3 is 4.57 Å². The van der Waals surface area contributed by atoms with Crippen molar-refractivity contribution in [3.05, 3.63) is 188 Å². The molecule has 7 aromatic carbocycles. The van der Waals surface area contributed by atoms with E-state index < -0.39 is 13.3 Å². The molecule has 0 N–H and O–H groups in total. The van der Waals surface area contributed by atoms with Crippen LogP contribution in [0.4, 0.5) is 34.1 Å². The molecule has 0 fully saturated rings. The third-order valence-electron chi connectivity index (χ3n) is 9.96. The second kappa shape index (κ2) is 13.8. The first-order valence-corrected chi connectivity index (χ1v) is 23.6. The summed E-state index contributed by atoms with van der Waals surface area (Å²) in [5, 5.41) is 0. The minimum absolute atomic E-state index is 0. The van der Waals surface area contributed by atoms with Crippen molar-refractivity contribution in [3.8, 4) is 11.4 Å². The van der Waals surface area contributed by atoms with E-state index in [9.17, 15) is 0 Å². The van der Waals surface area contributed by atoms with Crippen molar-refractivity contribution >= 4 is 67.2 Å². The largest absolute Gasteiger partial charge is 4.00 e. The standard InChI is InChI=1S/C26H20GeN2.C20H15N2.Pt/c1-27(2)20-13-6-7-15-22(20)29-24-17-9-8-16-23(24)28(19-11-4-3-5-12-19)25-18-10-14-21(27)26(25)29;1-16-11-13-18(14-12-16)22-15-21(17-7-3-2-4-8-17)19-9-5-6-10-20(19)22;/h3-14,16,18H,1-2H3;2-7,9-14H,1H3;/q-2;-1;+4. The molecule has 0 atom stereocenters. The van der Waals surface area contributed by atoms with E-state index in [0.717, 1.165) is 33.8 Å². The van der Waals surface area contributed by atoms with Gasteiger partial charge in [-0.2, -0.15) is 30.3 Å². The van der Waals surface area contributed by atoms with Crippen LogP contribution < -0.4 is 23.2 Å². The van der Waals surface area contributed by atoms with Gasteiger partial charge in [0, 0.05) is 0 Å². The smallest absolute Gasteiger partial charge is 4.00 e. The van der Waals surface area contributed by atoms with Crippen molar-refractivity contribution in [2.75, 3.05) is 9.80 Å². The van der Waals surface area contributed by atoms with E-state index in [1.165, 1.54) is 37.1 Å². The van der Waals surface area contributed by atoms with Crippen molar-refractivity contribution in [2.24, 2.45) is 0 Å². The normalized spacial score (nSPS) is 13.2. The number of nitrogens with zero attached hydrogens (tertiary/aromatic N) is 4. The summed E-state index contributed by atoms with van der Waals surface area (Å²) in [6.45, 7) is 2.10. The van der Waals surface area contributed by atoms with E-state index in [1.54, 1.807) is 0 Å². The summed E-state index contributed by atoms with van der Waals surface area (Å²) < 4.78 is 7.14. The van der Waals surface area contributed by atoms with E-state index >= 15 is 0 Å². The summed E-state index contributed by atoms with van der Waals surface area (Å²) in [4.78, 5) is 4.78. The fourth-order valence-corrected chi connectivity index (χ4v) is 13.6. The Morgan fingerprint density at radius 1 is 0.558 bits per heavy atom. The van der Waals surface area contributed by atoms with Crippen molar-refractivity contribution in [2.45, 2.75) is 18.4 Å². The molecule has 0 amide bonds. The van der Waals surface area contributed by atoms with Gasteiger partial charge in [0.15, 0.2) is 0 Å². The molecule has 2 aliphatic rings. The topological polar surface area (TPSA) is 15.3 Å². The van der Waals surface area contributed by atoms with Crippen LogP contribution in [0.15, 0.2) is 158 Å². The second-order valence-corrected chi connectivity index (χ2v) is 22.6. The van der Waals surface area contributed by atoms with Crippen LogP contribution in [0.5, 0.6) is 0 Å². The maximum atomic E-state index is 3.58. The number of rotatable bonds is 3. The zero-order valence-corrected chi connectivity index (χ0v) is 33.5. The molecule has 0 bridgehead atoms. The third-order valence-corrected chi connectivity index (χ3v) is 17.3. The van der Waals surface area contributed by atoms with E-state index in [1.807, 2.05) is 36.4 Å². The average Bonchev–Trinajstić information content (AvgIpc) is 3.57. The fourth-order valence-electron chi connectivity index (χ4n) is 7.46. The van der Waals surface area contributed by atoms with Gasteiger partial charge in [-0.05, 0) is 24.7 Å². The fraction of sp³-hybridized carbons (Fsp3) is 0.0652. The van der Waals surface area contributed by atoms with E-state index in [-0.39, 0.29) is 21.1 Å². The summed E-state index contributed by atoms with van der Waals surface area (Å²) in [7, 11) is 0. The molecule has 0 unspecified atom stereocenters. The monoisotopic (exact) mass is 912 g/mol. The van der Waals surface area contributed by atoms with Gasteiger partial charge >= 0.3 is 196 Å². The zero-order chi connectivity index (χ0) is 34.5. The summed E-state index contributed by atoms with van der Waals surface area (Å²) in [5.41, 5.74) is 12.8. The van der Waals surface area contributed by atoms with Gasteiger partial charge in [0.05, 0.1) is 16.7 Å². The van der Waals surface area contributed by atoms with Crippen LogP contribution in [0.3, 0.4) is 0 Å². The first kappa shape index (κ1) is 34.0. The van der Waals surface area contributed by atoms with Gasteiger partial charge in [-0.1, -0.05) is 42.0 Å². The number of anilines is 6. The van der Waals surface area contributed by atoms with Gasteiger partial charge in [-0.3, -0.25) is 4.57 Å². The van der Waals surface area contributed by atoms with Crippen LogP contribution in [0.25, 0.3) is 22.4 Å². The van der Waals surface area contributed by atoms with Crippen molar-refractivity contribution in [1.82, 2.24) is 4.57 Å². The van der Waals surface area contributed by atoms with Crippen LogP contribution in [-0.2, 0) is 21.1 Å². The number of benzene rings is 7. The number of imidazole rings is 1. The Morgan fingerprint density at radius 2 is 1.23 bits per heavy atom. The SMILES string of the molecule is Cc1ccc(-[n+]2[c-]n(-c3[c-]cccc3)c3ccccc32)cc1.[CH3][Ge]1([CH3])[c]2ccc[c-]c2N2c3[c-]cccc3N(c3ccccc3)c3ccc[c]1c32.[Pt+4]. The molecular weight excluding hydrogens is 876 g/mol. The molecule has 0 aliphatic carbocycles. The van der Waals surface area contributed by atoms with Gasteiger partial charge in [0.2, 0.25) is 0 Å². The molecule has 0 saturated heterocycles. The van der Waals surface area contributed by atoms with Crippen LogP contribution in [0.2, 0.25) is 11.5 Å². The van der Waals surface area contributed by atoms with E-state index in [2.05, 4.69) is 183 Å².